The van der Waals surface area contributed by atoms with E-state index in [-0.39, 0.29) is 94.0 Å². The van der Waals surface area contributed by atoms with Gasteiger partial charge in [-0.1, -0.05) is 34.6 Å². The van der Waals surface area contributed by atoms with Crippen molar-refractivity contribution in [2.45, 2.75) is 189 Å². The number of primary amides is 6. The summed E-state index contributed by atoms with van der Waals surface area (Å²) in [6.07, 6.45) is -4.57. The number of phosphoric acid groups is 1. The van der Waals surface area contributed by atoms with Gasteiger partial charge in [0.15, 0.2) is 6.23 Å². The average molecular weight is 1330 g/mol. The van der Waals surface area contributed by atoms with Crippen molar-refractivity contribution in [3.05, 3.63) is 63.9 Å². The number of rotatable bonds is 26. The predicted octanol–water partition coefficient (Wildman–Crippen LogP) is 2.53. The summed E-state index contributed by atoms with van der Waals surface area (Å²) in [6, 6.07) is 2.67. The van der Waals surface area contributed by atoms with Crippen molar-refractivity contribution in [1.82, 2.24) is 20.2 Å². The third kappa shape index (κ3) is 13.8. The maximum Gasteiger partial charge on any atom is 0.268 e. The van der Waals surface area contributed by atoms with Gasteiger partial charge >= 0.3 is 0 Å². The van der Waals surface area contributed by atoms with Gasteiger partial charge in [0, 0.05) is 148 Å². The Morgan fingerprint density at radius 3 is 1.99 bits per heavy atom. The molecule has 27 nitrogen and oxygen atoms in total. The number of aromatic nitrogens is 2. The van der Waals surface area contributed by atoms with Gasteiger partial charge in [-0.05, 0) is 108 Å². The van der Waals surface area contributed by atoms with Crippen LogP contribution in [0, 0.1) is 59.2 Å². The number of hydrogen-bond acceptors (Lipinski definition) is 19. The Hall–Kier alpha value is -6.49. The number of carbonyl (C=O) groups excluding carboxylic acids is 7. The Morgan fingerprint density at radius 1 is 0.813 bits per heavy atom. The van der Waals surface area contributed by atoms with Crippen molar-refractivity contribution in [1.29, 1.82) is 0 Å². The molecule has 6 aliphatic rings. The summed E-state index contributed by atoms with van der Waals surface area (Å²) < 4.78 is 31.9. The van der Waals surface area contributed by atoms with Crippen LogP contribution in [0.5, 0.6) is 0 Å². The molecule has 1 radical (unpaired) electrons. The van der Waals surface area contributed by atoms with E-state index in [2.05, 4.69) is 15.6 Å². The smallest absolute Gasteiger partial charge is 0.268 e. The standard InChI is InChI=1S/C62H90N13O14P.Co/c1-29-20-39-40(21-30(29)2)75(28-70-39)57-52(84)53(41(27-76)87-57)89-90(85,86)88-31(3)26-69-49(83)18-19-59(8)37(22-46(66)80)56-62(11)61(10,25-48(68)82)36(14-17-45(65)79)51(74-62)33(5)55-60(9,24-47(67)81)34(12-15-43(63)77)38(71-55)23-42-58(6,7)35(13-16-44(64)78)50(72-42)32(4)54(59)73-56;/h20-21,23,28,31,34-37,41,52-53,56-57,71,76,84H,12-19,22,24-27H2,1-11H3,(H2,63,77)(H2,64,78)(H2,65,79)(H2,66,80)(H2,67,81)(H2,68,82)(H,69,83)(H,85,86);/p-1/b38-23-,50-32-,55-33-;/t31?,34-,35-,36-,37?,41-,52-,53+,56?,57+,59-,60+,61+,62?;/m1./s1. The Morgan fingerprint density at radius 2 is 1.41 bits per heavy atom. The number of aliphatic hydroxyl groups is 2. The molecule has 8 rings (SSSR count). The molecule has 29 heteroatoms. The summed E-state index contributed by atoms with van der Waals surface area (Å²) >= 11 is 0. The second kappa shape index (κ2) is 26.8. The second-order valence-corrected chi connectivity index (χ2v) is 28.4. The van der Waals surface area contributed by atoms with Gasteiger partial charge in [0.25, 0.3) is 7.82 Å². The molecule has 501 valence electrons. The molecule has 16 N–H and O–H groups in total. The zero-order chi connectivity index (χ0) is 66.7. The normalized spacial score (nSPS) is 33.8. The van der Waals surface area contributed by atoms with E-state index in [4.69, 9.17) is 63.2 Å². The van der Waals surface area contributed by atoms with Crippen LogP contribution in [-0.4, -0.2) is 127 Å². The van der Waals surface area contributed by atoms with Gasteiger partial charge in [-0.15, -0.1) is 0 Å². The van der Waals surface area contributed by atoms with Crippen LogP contribution in [0.15, 0.2) is 67.8 Å². The number of fused-ring (bicyclic) bond motifs is 7. The predicted molar refractivity (Wildman–Crippen MR) is 331 cm³/mol. The number of nitrogens with one attached hydrogen (secondary N) is 2. The number of phosphoric ester groups is 1. The topological polar surface area (TPSA) is 463 Å². The minimum atomic E-state index is -5.32. The molecule has 0 aliphatic carbocycles. The molecule has 1 aromatic heterocycles. The number of aryl methyl sites for hydroxylation is 2. The maximum atomic E-state index is 14.4. The first-order valence-corrected chi connectivity index (χ1v) is 32.0. The molecule has 5 unspecified atom stereocenters. The molecular weight excluding hydrogens is 1240 g/mol. The number of carbonyl (C=O) groups is 7. The van der Waals surface area contributed by atoms with Gasteiger partial charge < -0.3 is 78.5 Å². The van der Waals surface area contributed by atoms with Gasteiger partial charge in [0.1, 0.15) is 18.3 Å². The second-order valence-electron chi connectivity index (χ2n) is 27.1. The number of nitrogens with zero attached hydrogens (tertiary/aromatic N) is 5. The molecule has 2 aromatic rings. The monoisotopic (exact) mass is 1330 g/mol. The molecule has 1 aromatic carbocycles. The molecule has 0 saturated carbocycles. The molecule has 0 spiro atoms. The molecule has 2 saturated heterocycles. The summed E-state index contributed by atoms with van der Waals surface area (Å²) in [6.45, 7) is 19.1. The number of allylic oxidation sites excluding steroid dienone is 6. The number of aliphatic imine (C=N–C) groups is 3. The SMILES string of the molecule is C/C1=C2N=C(/C=C3\N/C(=C(/C)C4=NC(C)(C5N=C1[C@](C)(CCC(=O)NCC(C)OP(=O)([O-])O[C@@H]1[C@@H](O)[C@@H](n6cnc7cc(C)c(C)cc76)O[C@@H]1CO)C5CC(N)=O)[C@@](C)(CC(N)=O)[C@@H]4CCC(N)=O)[C@@](C)(CC(N)=O)[C@@H]3CCC(N)=O)C(C)(C)[C@@H]/2CCC(N)=O.[Co]. The fraction of sp³-hybridized carbons (Fsp3) is 0.629. The van der Waals surface area contributed by atoms with Gasteiger partial charge in [0.05, 0.1) is 41.7 Å². The maximum absolute atomic E-state index is 14.4. The molecule has 91 heavy (non-hydrogen) atoms. The third-order valence-electron chi connectivity index (χ3n) is 20.6. The van der Waals surface area contributed by atoms with E-state index in [1.165, 1.54) is 17.8 Å². The largest absolute Gasteiger partial charge is 0.756 e. The molecule has 8 bridgehead atoms. The van der Waals surface area contributed by atoms with Crippen LogP contribution in [0.1, 0.15) is 150 Å². The van der Waals surface area contributed by atoms with E-state index in [9.17, 15) is 53.2 Å². The first kappa shape index (κ1) is 71.9. The van der Waals surface area contributed by atoms with Crippen molar-refractivity contribution >= 4 is 77.3 Å². The average Bonchev–Trinajstić information content (AvgIpc) is 1.54. The van der Waals surface area contributed by atoms with E-state index in [1.54, 1.807) is 0 Å². The van der Waals surface area contributed by atoms with E-state index in [0.29, 0.717) is 56.4 Å². The number of aliphatic hydroxyl groups excluding tert-OH is 2. The number of benzene rings is 1. The van der Waals surface area contributed by atoms with Crippen LogP contribution < -0.4 is 49.9 Å². The van der Waals surface area contributed by atoms with Crippen molar-refractivity contribution < 1.29 is 83.8 Å². The number of ether oxygens (including phenoxy) is 1. The number of nitrogens with two attached hydrogens (primary N) is 6. The van der Waals surface area contributed by atoms with E-state index >= 15 is 0 Å². The van der Waals surface area contributed by atoms with Gasteiger partial charge in [-0.2, -0.15) is 0 Å². The van der Waals surface area contributed by atoms with Crippen LogP contribution in [-0.2, 0) is 68.7 Å². The van der Waals surface area contributed by atoms with Crippen LogP contribution in [0.25, 0.3) is 11.0 Å². The number of amides is 7. The molecule has 6 aliphatic heterocycles. The summed E-state index contributed by atoms with van der Waals surface area (Å²) in [5.41, 5.74) is 37.2. The Labute approximate surface area is 539 Å². The Kier molecular flexibility index (Phi) is 21.2. The summed E-state index contributed by atoms with van der Waals surface area (Å²) in [5, 5.41) is 28.1. The van der Waals surface area contributed by atoms with Crippen LogP contribution in [0.4, 0.5) is 0 Å². The first-order valence-electron chi connectivity index (χ1n) is 30.5. The minimum Gasteiger partial charge on any atom is -0.756 e. The minimum absolute atomic E-state index is 0. The summed E-state index contributed by atoms with van der Waals surface area (Å²) in [7, 11) is -5.32. The zero-order valence-electron chi connectivity index (χ0n) is 53.5. The van der Waals surface area contributed by atoms with Gasteiger partial charge in [-0.25, -0.2) is 4.98 Å². The third-order valence-corrected chi connectivity index (χ3v) is 21.7. The van der Waals surface area contributed by atoms with Crippen molar-refractivity contribution in [2.24, 2.45) is 94.7 Å². The fourth-order valence-corrected chi connectivity index (χ4v) is 16.6. The summed E-state index contributed by atoms with van der Waals surface area (Å²) in [5.74, 6) is -7.24. The van der Waals surface area contributed by atoms with Crippen molar-refractivity contribution in [2.75, 3.05) is 13.2 Å². The number of hydrogen-bond donors (Lipinski definition) is 10. The molecular formula is C62H89CoN13O14P-. The van der Waals surface area contributed by atoms with Gasteiger partial charge in [0.2, 0.25) is 41.4 Å². The van der Waals surface area contributed by atoms with Crippen molar-refractivity contribution in [3.8, 4) is 0 Å². The summed E-state index contributed by atoms with van der Waals surface area (Å²) in [4.78, 5) is 128. The van der Waals surface area contributed by atoms with Crippen molar-refractivity contribution in [3.63, 3.8) is 0 Å². The molecule has 7 heterocycles. The molecule has 2 fully saturated rings. The van der Waals surface area contributed by atoms with Crippen LogP contribution >= 0.6 is 7.82 Å². The Balaban J connectivity index is 0.0000118. The first-order chi connectivity index (χ1) is 41.8. The number of imidazole rings is 1. The van der Waals surface area contributed by atoms with E-state index in [0.717, 1.165) is 11.1 Å². The zero-order valence-corrected chi connectivity index (χ0v) is 55.5. The van der Waals surface area contributed by atoms with E-state index < -0.39 is 143 Å². The van der Waals surface area contributed by atoms with Crippen LogP contribution in [0.2, 0.25) is 0 Å². The quantitative estimate of drug-likeness (QED) is 0.0605. The molecule has 7 amide bonds. The van der Waals surface area contributed by atoms with Crippen LogP contribution in [0.3, 0.4) is 0 Å². The fourth-order valence-electron chi connectivity index (χ4n) is 15.4. The Bertz CT molecular complexity index is 3540. The van der Waals surface area contributed by atoms with E-state index in [1.807, 2.05) is 87.4 Å². The van der Waals surface area contributed by atoms with Gasteiger partial charge in [-0.3, -0.25) is 53.1 Å². The molecule has 15 atom stereocenters.